The fraction of sp³-hybridized carbons (Fsp3) is 0.263. The Bertz CT molecular complexity index is 816. The molecular weight excluding hydrogens is 347 g/mol. The van der Waals surface area contributed by atoms with Gasteiger partial charge in [0.1, 0.15) is 0 Å². The maximum absolute atomic E-state index is 12.7. The van der Waals surface area contributed by atoms with Gasteiger partial charge in [-0.15, -0.1) is 0 Å². The highest BCUT2D eigenvalue weighted by molar-refractivity contribution is 5.96. The van der Waals surface area contributed by atoms with Gasteiger partial charge in [0.05, 0.1) is 11.1 Å². The first-order valence-electron chi connectivity index (χ1n) is 7.95. The van der Waals surface area contributed by atoms with Crippen LogP contribution < -0.4 is 5.32 Å². The van der Waals surface area contributed by atoms with Crippen LogP contribution in [0, 0.1) is 6.92 Å². The van der Waals surface area contributed by atoms with Crippen LogP contribution in [0.15, 0.2) is 42.5 Å². The first-order chi connectivity index (χ1) is 12.2. The molecule has 4 nitrogen and oxygen atoms in total. The summed E-state index contributed by atoms with van der Waals surface area (Å²) < 4.78 is 42.9. The van der Waals surface area contributed by atoms with Gasteiger partial charge in [0.25, 0.3) is 5.91 Å². The normalized spacial score (nSPS) is 11.1. The molecule has 0 aliphatic heterocycles. The number of ether oxygens (including phenoxy) is 1. The van der Waals surface area contributed by atoms with Crippen molar-refractivity contribution in [3.05, 3.63) is 64.7 Å². The molecule has 1 amide bonds. The van der Waals surface area contributed by atoms with E-state index >= 15 is 0 Å². The van der Waals surface area contributed by atoms with Crippen LogP contribution in [-0.4, -0.2) is 18.5 Å². The molecule has 2 aromatic carbocycles. The monoisotopic (exact) mass is 365 g/mol. The summed E-state index contributed by atoms with van der Waals surface area (Å²) in [6.07, 6.45) is -3.85. The molecular formula is C19H18F3NO3. The van der Waals surface area contributed by atoms with Gasteiger partial charge in [-0.2, -0.15) is 13.2 Å². The highest BCUT2D eigenvalue weighted by Crippen LogP contribution is 2.29. The van der Waals surface area contributed by atoms with E-state index in [-0.39, 0.29) is 5.56 Å². The van der Waals surface area contributed by atoms with Crippen molar-refractivity contribution in [3.8, 4) is 0 Å². The van der Waals surface area contributed by atoms with E-state index in [1.54, 1.807) is 0 Å². The number of anilines is 1. The molecule has 0 fully saturated rings. The molecule has 0 radical (unpaired) electrons. The van der Waals surface area contributed by atoms with E-state index in [4.69, 9.17) is 4.74 Å². The number of alkyl halides is 3. The molecule has 0 saturated carbocycles. The summed E-state index contributed by atoms with van der Waals surface area (Å²) in [5, 5.41) is 2.68. The van der Waals surface area contributed by atoms with E-state index in [1.807, 2.05) is 32.0 Å². The van der Waals surface area contributed by atoms with Crippen molar-refractivity contribution in [1.29, 1.82) is 0 Å². The Balaban J connectivity index is 2.01. The van der Waals surface area contributed by atoms with Crippen molar-refractivity contribution < 1.29 is 27.5 Å². The van der Waals surface area contributed by atoms with Gasteiger partial charge in [-0.05, 0) is 42.7 Å². The Morgan fingerprint density at radius 1 is 1.12 bits per heavy atom. The summed E-state index contributed by atoms with van der Waals surface area (Å²) in [4.78, 5) is 23.9. The van der Waals surface area contributed by atoms with Crippen LogP contribution in [0.25, 0.3) is 0 Å². The van der Waals surface area contributed by atoms with Crippen LogP contribution in [0.2, 0.25) is 0 Å². The number of nitrogens with one attached hydrogen (secondary N) is 1. The number of para-hydroxylation sites is 1. The number of benzene rings is 2. The average molecular weight is 365 g/mol. The minimum atomic E-state index is -4.56. The Hall–Kier alpha value is -2.83. The summed E-state index contributed by atoms with van der Waals surface area (Å²) in [7, 11) is 0. The Morgan fingerprint density at radius 3 is 2.46 bits per heavy atom. The second kappa shape index (κ2) is 8.03. The number of amides is 1. The number of aryl methyl sites for hydroxylation is 2. The molecule has 0 aromatic heterocycles. The maximum atomic E-state index is 12.7. The van der Waals surface area contributed by atoms with Gasteiger partial charge < -0.3 is 10.1 Å². The van der Waals surface area contributed by atoms with Crippen LogP contribution in [0.5, 0.6) is 0 Å². The molecule has 26 heavy (non-hydrogen) atoms. The third-order valence-corrected chi connectivity index (χ3v) is 3.76. The van der Waals surface area contributed by atoms with Gasteiger partial charge in [0, 0.05) is 5.69 Å². The third-order valence-electron chi connectivity index (χ3n) is 3.76. The van der Waals surface area contributed by atoms with Crippen LogP contribution in [0.1, 0.15) is 34.0 Å². The first kappa shape index (κ1) is 19.5. The van der Waals surface area contributed by atoms with Crippen LogP contribution >= 0.6 is 0 Å². The van der Waals surface area contributed by atoms with Crippen LogP contribution in [0.4, 0.5) is 18.9 Å². The lowest BCUT2D eigenvalue weighted by molar-refractivity contribution is -0.137. The van der Waals surface area contributed by atoms with E-state index in [9.17, 15) is 22.8 Å². The van der Waals surface area contributed by atoms with Gasteiger partial charge in [0.15, 0.2) is 6.61 Å². The lowest BCUT2D eigenvalue weighted by Crippen LogP contribution is -2.22. The van der Waals surface area contributed by atoms with Gasteiger partial charge in [0.2, 0.25) is 0 Å². The van der Waals surface area contributed by atoms with Gasteiger partial charge in [-0.25, -0.2) is 4.79 Å². The molecule has 0 unspecified atom stereocenters. The van der Waals surface area contributed by atoms with Crippen molar-refractivity contribution in [2.75, 3.05) is 11.9 Å². The molecule has 0 aliphatic carbocycles. The third kappa shape index (κ3) is 4.84. The lowest BCUT2D eigenvalue weighted by atomic mass is 10.1. The van der Waals surface area contributed by atoms with Crippen LogP contribution in [-0.2, 0) is 22.1 Å². The maximum Gasteiger partial charge on any atom is 0.416 e. The molecule has 0 bridgehead atoms. The second-order valence-electron chi connectivity index (χ2n) is 5.67. The molecule has 0 spiro atoms. The van der Waals surface area contributed by atoms with E-state index in [1.165, 1.54) is 6.07 Å². The highest BCUT2D eigenvalue weighted by Gasteiger charge is 2.31. The number of hydrogen-bond acceptors (Lipinski definition) is 3. The highest BCUT2D eigenvalue weighted by atomic mass is 19.4. The van der Waals surface area contributed by atoms with Gasteiger partial charge in [-0.3, -0.25) is 4.79 Å². The largest absolute Gasteiger partial charge is 0.452 e. The average Bonchev–Trinajstić information content (AvgIpc) is 2.60. The van der Waals surface area contributed by atoms with Crippen molar-refractivity contribution >= 4 is 17.6 Å². The van der Waals surface area contributed by atoms with Crippen molar-refractivity contribution in [2.24, 2.45) is 0 Å². The smallest absolute Gasteiger partial charge is 0.416 e. The van der Waals surface area contributed by atoms with Crippen molar-refractivity contribution in [3.63, 3.8) is 0 Å². The van der Waals surface area contributed by atoms with E-state index in [0.29, 0.717) is 18.2 Å². The predicted molar refractivity (Wildman–Crippen MR) is 90.9 cm³/mol. The first-order valence-corrected chi connectivity index (χ1v) is 7.95. The Morgan fingerprint density at radius 2 is 1.81 bits per heavy atom. The summed E-state index contributed by atoms with van der Waals surface area (Å²) in [5.74, 6) is -1.55. The molecule has 0 atom stereocenters. The molecule has 2 aromatic rings. The molecule has 1 N–H and O–H groups in total. The topological polar surface area (TPSA) is 55.4 Å². The van der Waals surface area contributed by atoms with Gasteiger partial charge in [-0.1, -0.05) is 31.2 Å². The predicted octanol–water partition coefficient (Wildman–Crippen LogP) is 4.37. The molecule has 0 aliphatic rings. The van der Waals surface area contributed by atoms with Crippen molar-refractivity contribution in [1.82, 2.24) is 0 Å². The SMILES string of the molecule is CCc1cccc(C)c1NC(=O)COC(=O)c1cccc(C(F)(F)F)c1. The standard InChI is InChI=1S/C19H18F3NO3/c1-3-13-7-4-6-12(2)17(13)23-16(24)11-26-18(25)14-8-5-9-15(10-14)19(20,21)22/h4-10H,3,11H2,1-2H3,(H,23,24). The van der Waals surface area contributed by atoms with E-state index in [0.717, 1.165) is 23.3 Å². The number of carbonyl (C=O) groups excluding carboxylic acids is 2. The zero-order valence-corrected chi connectivity index (χ0v) is 14.3. The number of carbonyl (C=O) groups is 2. The lowest BCUT2D eigenvalue weighted by Gasteiger charge is -2.13. The second-order valence-corrected chi connectivity index (χ2v) is 5.67. The number of rotatable bonds is 5. The van der Waals surface area contributed by atoms with E-state index in [2.05, 4.69) is 5.32 Å². The Kier molecular flexibility index (Phi) is 6.02. The molecule has 0 saturated heterocycles. The minimum Gasteiger partial charge on any atom is -0.452 e. The Labute approximate surface area is 149 Å². The molecule has 138 valence electrons. The zero-order chi connectivity index (χ0) is 19.3. The van der Waals surface area contributed by atoms with Crippen LogP contribution in [0.3, 0.4) is 0 Å². The summed E-state index contributed by atoms with van der Waals surface area (Å²) in [5.41, 5.74) is 1.22. The number of esters is 1. The van der Waals surface area contributed by atoms with Gasteiger partial charge >= 0.3 is 12.1 Å². The number of halogens is 3. The quantitative estimate of drug-likeness (QED) is 0.801. The minimum absolute atomic E-state index is 0.266. The molecule has 7 heteroatoms. The zero-order valence-electron chi connectivity index (χ0n) is 14.3. The molecule has 2 rings (SSSR count). The van der Waals surface area contributed by atoms with E-state index < -0.39 is 30.2 Å². The summed E-state index contributed by atoms with van der Waals surface area (Å²) in [6, 6.07) is 9.44. The summed E-state index contributed by atoms with van der Waals surface area (Å²) in [6.45, 7) is 3.19. The molecule has 0 heterocycles. The summed E-state index contributed by atoms with van der Waals surface area (Å²) >= 11 is 0. The fourth-order valence-corrected chi connectivity index (χ4v) is 2.41. The number of hydrogen-bond donors (Lipinski definition) is 1. The van der Waals surface area contributed by atoms with Crippen molar-refractivity contribution in [2.45, 2.75) is 26.4 Å². The fourth-order valence-electron chi connectivity index (χ4n) is 2.41.